The Hall–Kier alpha value is -1.30. The standard InChI is InChI=1S/C13H18O9/c14-5-7-3-1-2-4-8(7)21-11-10(16)13(19,20)12(17,18)9(6-15)22-11/h1-4,9-11,14-20H,5-6H2/t9-,10+,11-/m1/s1. The lowest BCUT2D eigenvalue weighted by atomic mass is 9.91. The molecule has 124 valence electrons. The molecule has 1 fully saturated rings. The zero-order valence-electron chi connectivity index (χ0n) is 11.4. The van der Waals surface area contributed by atoms with E-state index in [9.17, 15) is 30.6 Å². The van der Waals surface area contributed by atoms with Gasteiger partial charge < -0.3 is 45.2 Å². The molecular formula is C13H18O9. The molecular weight excluding hydrogens is 300 g/mol. The van der Waals surface area contributed by atoms with E-state index in [2.05, 4.69) is 0 Å². The van der Waals surface area contributed by atoms with Crippen molar-refractivity contribution in [1.29, 1.82) is 0 Å². The minimum absolute atomic E-state index is 0.0879. The van der Waals surface area contributed by atoms with Gasteiger partial charge in [0.2, 0.25) is 6.29 Å². The van der Waals surface area contributed by atoms with Crippen molar-refractivity contribution in [2.24, 2.45) is 0 Å². The van der Waals surface area contributed by atoms with E-state index in [1.165, 1.54) is 12.1 Å². The highest BCUT2D eigenvalue weighted by Gasteiger charge is 2.65. The highest BCUT2D eigenvalue weighted by Crippen LogP contribution is 2.36. The van der Waals surface area contributed by atoms with Crippen molar-refractivity contribution >= 4 is 0 Å². The quantitative estimate of drug-likeness (QED) is 0.287. The van der Waals surface area contributed by atoms with Gasteiger partial charge in [-0.15, -0.1) is 0 Å². The second kappa shape index (κ2) is 6.07. The van der Waals surface area contributed by atoms with Crippen LogP contribution in [0.3, 0.4) is 0 Å². The summed E-state index contributed by atoms with van der Waals surface area (Å²) in [4.78, 5) is 0. The Bertz CT molecular complexity index is 516. The van der Waals surface area contributed by atoms with Gasteiger partial charge in [0.05, 0.1) is 13.2 Å². The molecule has 2 rings (SSSR count). The summed E-state index contributed by atoms with van der Waals surface area (Å²) in [6.45, 7) is -1.35. The van der Waals surface area contributed by atoms with E-state index >= 15 is 0 Å². The largest absolute Gasteiger partial charge is 0.461 e. The number of ether oxygens (including phenoxy) is 2. The van der Waals surface area contributed by atoms with Crippen LogP contribution < -0.4 is 4.74 Å². The Balaban J connectivity index is 2.28. The molecule has 0 spiro atoms. The van der Waals surface area contributed by atoms with E-state index in [1.807, 2.05) is 0 Å². The molecule has 1 aliphatic rings. The Morgan fingerprint density at radius 2 is 1.68 bits per heavy atom. The molecule has 0 radical (unpaired) electrons. The molecule has 0 bridgehead atoms. The van der Waals surface area contributed by atoms with Crippen molar-refractivity contribution in [1.82, 2.24) is 0 Å². The van der Waals surface area contributed by atoms with Gasteiger partial charge in [0, 0.05) is 5.56 Å². The smallest absolute Gasteiger partial charge is 0.254 e. The van der Waals surface area contributed by atoms with Crippen molar-refractivity contribution in [3.05, 3.63) is 29.8 Å². The zero-order valence-corrected chi connectivity index (χ0v) is 11.4. The lowest BCUT2D eigenvalue weighted by Gasteiger charge is -2.48. The second-order valence-electron chi connectivity index (χ2n) is 4.96. The number of aliphatic hydroxyl groups excluding tert-OH is 3. The van der Waals surface area contributed by atoms with Crippen LogP contribution in [-0.4, -0.2) is 72.4 Å². The molecule has 22 heavy (non-hydrogen) atoms. The molecule has 0 saturated carbocycles. The first-order valence-corrected chi connectivity index (χ1v) is 6.45. The first-order chi connectivity index (χ1) is 10.3. The van der Waals surface area contributed by atoms with Crippen LogP contribution in [0.15, 0.2) is 24.3 Å². The fraction of sp³-hybridized carbons (Fsp3) is 0.538. The molecule has 7 N–H and O–H groups in total. The molecule has 0 unspecified atom stereocenters. The highest BCUT2D eigenvalue weighted by atomic mass is 16.7. The van der Waals surface area contributed by atoms with Gasteiger partial charge in [0.25, 0.3) is 11.6 Å². The molecule has 1 heterocycles. The van der Waals surface area contributed by atoms with Crippen LogP contribution in [0.25, 0.3) is 0 Å². The first-order valence-electron chi connectivity index (χ1n) is 6.45. The van der Waals surface area contributed by atoms with Gasteiger partial charge in [-0.1, -0.05) is 18.2 Å². The van der Waals surface area contributed by atoms with E-state index in [-0.39, 0.29) is 12.4 Å². The third-order valence-corrected chi connectivity index (χ3v) is 3.51. The molecule has 1 aromatic carbocycles. The molecule has 1 aliphatic heterocycles. The summed E-state index contributed by atoms with van der Waals surface area (Å²) in [5, 5.41) is 66.9. The number of rotatable bonds is 4. The van der Waals surface area contributed by atoms with Crippen molar-refractivity contribution in [2.45, 2.75) is 36.7 Å². The van der Waals surface area contributed by atoms with Crippen LogP contribution in [0.4, 0.5) is 0 Å². The summed E-state index contributed by atoms with van der Waals surface area (Å²) in [6, 6.07) is 6.16. The van der Waals surface area contributed by atoms with E-state index < -0.39 is 36.7 Å². The Morgan fingerprint density at radius 1 is 1.05 bits per heavy atom. The van der Waals surface area contributed by atoms with Gasteiger partial charge in [-0.05, 0) is 6.07 Å². The molecule has 0 amide bonds. The van der Waals surface area contributed by atoms with E-state index in [0.717, 1.165) is 0 Å². The van der Waals surface area contributed by atoms with Crippen LogP contribution in [0.2, 0.25) is 0 Å². The van der Waals surface area contributed by atoms with Gasteiger partial charge in [-0.25, -0.2) is 0 Å². The predicted molar refractivity (Wildman–Crippen MR) is 69.1 cm³/mol. The van der Waals surface area contributed by atoms with Crippen LogP contribution in [0.5, 0.6) is 5.75 Å². The van der Waals surface area contributed by atoms with Crippen LogP contribution in [0, 0.1) is 0 Å². The van der Waals surface area contributed by atoms with Crippen molar-refractivity contribution < 1.29 is 45.2 Å². The third-order valence-electron chi connectivity index (χ3n) is 3.51. The Morgan fingerprint density at radius 3 is 2.27 bits per heavy atom. The van der Waals surface area contributed by atoms with Gasteiger partial charge in [0.1, 0.15) is 11.9 Å². The summed E-state index contributed by atoms with van der Waals surface area (Å²) in [5.41, 5.74) is 0.338. The zero-order chi connectivity index (χ0) is 16.5. The average molecular weight is 318 g/mol. The second-order valence-corrected chi connectivity index (χ2v) is 4.96. The van der Waals surface area contributed by atoms with E-state index in [1.54, 1.807) is 12.1 Å². The number of hydrogen-bond donors (Lipinski definition) is 7. The monoisotopic (exact) mass is 318 g/mol. The third kappa shape index (κ3) is 2.69. The Labute approximate surface area is 125 Å². The first kappa shape index (κ1) is 17.1. The SMILES string of the molecule is OCc1ccccc1O[C@@H]1O[C@H](CO)C(O)(O)C(O)(O)[C@H]1O. The number of aliphatic hydroxyl groups is 7. The van der Waals surface area contributed by atoms with Gasteiger partial charge in [-0.3, -0.25) is 0 Å². The molecule has 9 heteroatoms. The summed E-state index contributed by atoms with van der Waals surface area (Å²) >= 11 is 0. The van der Waals surface area contributed by atoms with Crippen molar-refractivity contribution in [2.75, 3.05) is 6.61 Å². The topological polar surface area (TPSA) is 160 Å². The summed E-state index contributed by atoms with van der Waals surface area (Å²) in [5.74, 6) is -6.63. The number of benzene rings is 1. The Kier molecular flexibility index (Phi) is 4.70. The maximum absolute atomic E-state index is 9.86. The summed E-state index contributed by atoms with van der Waals surface area (Å²) in [7, 11) is 0. The van der Waals surface area contributed by atoms with E-state index in [0.29, 0.717) is 5.56 Å². The molecule has 0 aliphatic carbocycles. The van der Waals surface area contributed by atoms with Gasteiger partial charge in [-0.2, -0.15) is 0 Å². The average Bonchev–Trinajstić information content (AvgIpc) is 2.49. The minimum atomic E-state index is -3.41. The van der Waals surface area contributed by atoms with Crippen molar-refractivity contribution in [3.63, 3.8) is 0 Å². The van der Waals surface area contributed by atoms with Crippen LogP contribution >= 0.6 is 0 Å². The maximum atomic E-state index is 9.86. The number of hydrogen-bond acceptors (Lipinski definition) is 9. The van der Waals surface area contributed by atoms with Crippen molar-refractivity contribution in [3.8, 4) is 5.75 Å². The molecule has 3 atom stereocenters. The van der Waals surface area contributed by atoms with Crippen LogP contribution in [0.1, 0.15) is 5.56 Å². The van der Waals surface area contributed by atoms with E-state index in [4.69, 9.17) is 14.6 Å². The minimum Gasteiger partial charge on any atom is -0.461 e. The lowest BCUT2D eigenvalue weighted by Crippen LogP contribution is -2.75. The van der Waals surface area contributed by atoms with Crippen LogP contribution in [-0.2, 0) is 11.3 Å². The predicted octanol–water partition coefficient (Wildman–Crippen LogP) is -3.00. The fourth-order valence-electron chi connectivity index (χ4n) is 2.11. The molecule has 1 aromatic rings. The van der Waals surface area contributed by atoms with Gasteiger partial charge in [0.15, 0.2) is 6.10 Å². The lowest BCUT2D eigenvalue weighted by molar-refractivity contribution is -0.465. The number of para-hydroxylation sites is 1. The molecule has 1 saturated heterocycles. The molecule has 9 nitrogen and oxygen atoms in total. The maximum Gasteiger partial charge on any atom is 0.254 e. The molecule has 0 aromatic heterocycles. The van der Waals surface area contributed by atoms with Gasteiger partial charge >= 0.3 is 0 Å². The fourth-order valence-corrected chi connectivity index (χ4v) is 2.11. The normalized spacial score (nSPS) is 30.0. The summed E-state index contributed by atoms with van der Waals surface area (Å²) < 4.78 is 10.2. The highest BCUT2D eigenvalue weighted by molar-refractivity contribution is 5.32. The summed E-state index contributed by atoms with van der Waals surface area (Å²) in [6.07, 6.45) is -5.80.